The van der Waals surface area contributed by atoms with E-state index < -0.39 is 0 Å². The van der Waals surface area contributed by atoms with Gasteiger partial charge in [0.15, 0.2) is 0 Å². The second-order valence-electron chi connectivity index (χ2n) is 10.8. The summed E-state index contributed by atoms with van der Waals surface area (Å²) >= 11 is 0. The van der Waals surface area contributed by atoms with Crippen LogP contribution in [-0.2, 0) is 0 Å². The van der Waals surface area contributed by atoms with Gasteiger partial charge in [-0.25, -0.2) is 0 Å². The number of rotatable bonds is 10. The lowest BCUT2D eigenvalue weighted by Crippen LogP contribution is -2.35. The van der Waals surface area contributed by atoms with E-state index in [1.807, 2.05) is 42.5 Å². The van der Waals surface area contributed by atoms with Crippen LogP contribution in [-0.4, -0.2) is 54.1 Å². The lowest BCUT2D eigenvalue weighted by atomic mass is 9.86. The molecule has 2 aliphatic heterocycles. The molecular weight excluding hydrogens is 490 g/mol. The molecule has 2 heterocycles. The largest absolute Gasteiger partial charge is 0.508 e. The molecule has 5 rings (SSSR count). The Labute approximate surface area is 231 Å². The monoisotopic (exact) mass is 529 g/mol. The van der Waals surface area contributed by atoms with Gasteiger partial charge in [0, 0.05) is 36.8 Å². The molecule has 0 aliphatic carbocycles. The number of nitrogens with zero attached hydrogens (tertiary/aromatic N) is 1. The average Bonchev–Trinajstić information content (AvgIpc) is 3.38. The Morgan fingerprint density at radius 2 is 1.82 bits per heavy atom. The van der Waals surface area contributed by atoms with E-state index in [2.05, 4.69) is 37.8 Å². The van der Waals surface area contributed by atoms with Gasteiger partial charge in [-0.2, -0.15) is 0 Å². The van der Waals surface area contributed by atoms with Crippen LogP contribution in [0.15, 0.2) is 66.7 Å². The molecule has 0 aromatic heterocycles. The number of aromatic hydroxyl groups is 1. The highest BCUT2D eigenvalue weighted by Gasteiger charge is 2.30. The van der Waals surface area contributed by atoms with E-state index in [0.29, 0.717) is 25.7 Å². The van der Waals surface area contributed by atoms with Crippen molar-refractivity contribution in [3.8, 4) is 23.0 Å². The van der Waals surface area contributed by atoms with Gasteiger partial charge in [-0.1, -0.05) is 31.2 Å². The van der Waals surface area contributed by atoms with E-state index in [9.17, 15) is 5.11 Å². The molecule has 2 N–H and O–H groups in total. The van der Waals surface area contributed by atoms with E-state index >= 15 is 0 Å². The zero-order chi connectivity index (χ0) is 27.4. The van der Waals surface area contributed by atoms with Crippen molar-refractivity contribution in [3.63, 3.8) is 0 Å². The van der Waals surface area contributed by atoms with E-state index in [0.717, 1.165) is 64.1 Å². The number of phenolic OH excluding ortho intramolecular Hbond substituents is 1. The van der Waals surface area contributed by atoms with Crippen LogP contribution in [0.4, 0.5) is 0 Å². The van der Waals surface area contributed by atoms with Crippen molar-refractivity contribution >= 4 is 11.1 Å². The highest BCUT2D eigenvalue weighted by Crippen LogP contribution is 2.47. The maximum atomic E-state index is 10.3. The van der Waals surface area contributed by atoms with Gasteiger partial charge in [0.25, 0.3) is 0 Å². The molecule has 1 fully saturated rings. The van der Waals surface area contributed by atoms with Crippen molar-refractivity contribution < 1.29 is 24.4 Å². The molecule has 2 aliphatic rings. The van der Waals surface area contributed by atoms with Crippen LogP contribution in [0.3, 0.4) is 0 Å². The number of fused-ring (bicyclic) bond motifs is 1. The molecule has 206 valence electrons. The van der Waals surface area contributed by atoms with Crippen LogP contribution in [0, 0.1) is 5.92 Å². The number of allylic oxidation sites excluding steroid dienone is 1. The highest BCUT2D eigenvalue weighted by atomic mass is 16.5. The predicted molar refractivity (Wildman–Crippen MR) is 154 cm³/mol. The average molecular weight is 530 g/mol. The van der Waals surface area contributed by atoms with Crippen molar-refractivity contribution in [3.05, 3.63) is 83.4 Å². The van der Waals surface area contributed by atoms with Crippen LogP contribution in [0.1, 0.15) is 56.4 Å². The molecule has 0 bridgehead atoms. The minimum atomic E-state index is -0.348. The molecule has 6 heteroatoms. The summed E-state index contributed by atoms with van der Waals surface area (Å²) in [6.45, 7) is 10.1. The number of benzene rings is 3. The Hall–Kier alpha value is -3.48. The zero-order valence-electron chi connectivity index (χ0n) is 23.1. The fourth-order valence-corrected chi connectivity index (χ4v) is 5.48. The first-order valence-electron chi connectivity index (χ1n) is 13.9. The molecule has 3 atom stereocenters. The summed E-state index contributed by atoms with van der Waals surface area (Å²) < 4.78 is 18.6. The van der Waals surface area contributed by atoms with Crippen LogP contribution in [0.25, 0.3) is 11.1 Å². The lowest BCUT2D eigenvalue weighted by Gasteiger charge is -2.31. The second kappa shape index (κ2) is 12.1. The maximum Gasteiger partial charge on any atom is 0.150 e. The lowest BCUT2D eigenvalue weighted by molar-refractivity contribution is 0.169. The van der Waals surface area contributed by atoms with Crippen molar-refractivity contribution in [2.24, 2.45) is 5.92 Å². The highest BCUT2D eigenvalue weighted by molar-refractivity contribution is 5.95. The van der Waals surface area contributed by atoms with Gasteiger partial charge < -0.3 is 24.4 Å². The maximum absolute atomic E-state index is 10.3. The van der Waals surface area contributed by atoms with Crippen LogP contribution in [0.2, 0.25) is 0 Å². The summed E-state index contributed by atoms with van der Waals surface area (Å²) in [5.41, 5.74) is 4.93. The molecule has 0 spiro atoms. The first-order valence-corrected chi connectivity index (χ1v) is 13.9. The van der Waals surface area contributed by atoms with Gasteiger partial charge in [0.2, 0.25) is 0 Å². The summed E-state index contributed by atoms with van der Waals surface area (Å²) in [5, 5.41) is 19.3. The predicted octanol–water partition coefficient (Wildman–Crippen LogP) is 6.33. The molecule has 3 aromatic carbocycles. The Morgan fingerprint density at radius 3 is 2.54 bits per heavy atom. The standard InChI is InChI=1S/C33H39NO5/c1-22-14-15-34(20-22)23(2)21-38-28-10-8-25(9-11-28)33-32(26-6-4-7-27(36)18-26)24(3)30-19-29(37-17-5-16-35)12-13-31(30)39-33/h4,6-13,18-19,22-23,33,35-36H,5,14-17,20-21H2,1-3H3/t22-,23+,33?/m1/s1. The van der Waals surface area contributed by atoms with E-state index in [1.165, 1.54) is 6.42 Å². The van der Waals surface area contributed by atoms with Crippen LogP contribution in [0.5, 0.6) is 23.0 Å². The summed E-state index contributed by atoms with van der Waals surface area (Å²) in [5.74, 6) is 3.33. The summed E-state index contributed by atoms with van der Waals surface area (Å²) in [4.78, 5) is 2.50. The molecule has 0 amide bonds. The van der Waals surface area contributed by atoms with E-state index in [-0.39, 0.29) is 18.5 Å². The van der Waals surface area contributed by atoms with E-state index in [4.69, 9.17) is 19.3 Å². The third kappa shape index (κ3) is 6.23. The number of hydrogen-bond donors (Lipinski definition) is 2. The molecule has 0 radical (unpaired) electrons. The van der Waals surface area contributed by atoms with Crippen LogP contribution >= 0.6 is 0 Å². The molecule has 3 aromatic rings. The Bertz CT molecular complexity index is 1300. The van der Waals surface area contributed by atoms with Gasteiger partial charge in [0.1, 0.15) is 35.7 Å². The van der Waals surface area contributed by atoms with Gasteiger partial charge in [-0.15, -0.1) is 0 Å². The Kier molecular flexibility index (Phi) is 8.44. The minimum absolute atomic E-state index is 0.0941. The van der Waals surface area contributed by atoms with Crippen molar-refractivity contribution in [1.82, 2.24) is 4.90 Å². The van der Waals surface area contributed by atoms with E-state index in [1.54, 1.807) is 12.1 Å². The third-order valence-electron chi connectivity index (χ3n) is 7.75. The fraction of sp³-hybridized carbons (Fsp3) is 0.394. The quantitative estimate of drug-likeness (QED) is 0.299. The minimum Gasteiger partial charge on any atom is -0.508 e. The molecular formula is C33H39NO5. The SMILES string of the molecule is CC1=C(c2cccc(O)c2)C(c2ccc(OC[C@H](C)N3CC[C@@H](C)C3)cc2)Oc2ccc(OCCCO)cc21. The van der Waals surface area contributed by atoms with Gasteiger partial charge >= 0.3 is 0 Å². The fourth-order valence-electron chi connectivity index (χ4n) is 5.48. The molecule has 0 saturated carbocycles. The number of likely N-dealkylation sites (tertiary alicyclic amines) is 1. The van der Waals surface area contributed by atoms with Crippen molar-refractivity contribution in [1.29, 1.82) is 0 Å². The number of aliphatic hydroxyl groups is 1. The topological polar surface area (TPSA) is 71.4 Å². The third-order valence-corrected chi connectivity index (χ3v) is 7.75. The van der Waals surface area contributed by atoms with Crippen molar-refractivity contribution in [2.75, 3.05) is 32.9 Å². The Balaban J connectivity index is 1.40. The number of aliphatic hydroxyl groups excluding tert-OH is 1. The normalized spacial score (nSPS) is 19.9. The summed E-state index contributed by atoms with van der Waals surface area (Å²) in [6.07, 6.45) is 1.49. The molecule has 1 saturated heterocycles. The molecule has 39 heavy (non-hydrogen) atoms. The van der Waals surface area contributed by atoms with Gasteiger partial charge in [0.05, 0.1) is 6.61 Å². The zero-order valence-corrected chi connectivity index (χ0v) is 23.1. The smallest absolute Gasteiger partial charge is 0.150 e. The molecule has 6 nitrogen and oxygen atoms in total. The number of phenols is 1. The first kappa shape index (κ1) is 27.1. The van der Waals surface area contributed by atoms with Gasteiger partial charge in [-0.05, 0) is 91.9 Å². The summed E-state index contributed by atoms with van der Waals surface area (Å²) in [6, 6.07) is 21.7. The van der Waals surface area contributed by atoms with Crippen LogP contribution < -0.4 is 14.2 Å². The second-order valence-corrected chi connectivity index (χ2v) is 10.8. The first-order chi connectivity index (χ1) is 18.9. The number of hydrogen-bond acceptors (Lipinski definition) is 6. The molecule has 1 unspecified atom stereocenters. The Morgan fingerprint density at radius 1 is 1.03 bits per heavy atom. The van der Waals surface area contributed by atoms with Crippen molar-refractivity contribution in [2.45, 2.75) is 45.8 Å². The van der Waals surface area contributed by atoms with Gasteiger partial charge in [-0.3, -0.25) is 4.90 Å². The summed E-state index contributed by atoms with van der Waals surface area (Å²) in [7, 11) is 0. The number of ether oxygens (including phenoxy) is 3.